The molecule has 0 spiro atoms. The summed E-state index contributed by atoms with van der Waals surface area (Å²) in [5.41, 5.74) is 7.70. The molecule has 0 fully saturated rings. The van der Waals surface area contributed by atoms with Crippen molar-refractivity contribution in [1.29, 1.82) is 0 Å². The Morgan fingerprint density at radius 2 is 1.95 bits per heavy atom. The average Bonchev–Trinajstić information content (AvgIpc) is 2.76. The number of aromatic nitrogens is 5. The predicted molar refractivity (Wildman–Crippen MR) is 78.9 cm³/mol. The normalized spacial score (nSPS) is 11.0. The highest BCUT2D eigenvalue weighted by molar-refractivity contribution is 5.75. The Morgan fingerprint density at radius 3 is 2.71 bits per heavy atom. The van der Waals surface area contributed by atoms with Gasteiger partial charge in [-0.05, 0) is 19.1 Å². The van der Waals surface area contributed by atoms with Crippen molar-refractivity contribution in [3.63, 3.8) is 0 Å². The van der Waals surface area contributed by atoms with Gasteiger partial charge in [0, 0.05) is 7.05 Å². The molecule has 2 aromatic heterocycles. The van der Waals surface area contributed by atoms with Crippen LogP contribution in [0, 0.1) is 0 Å². The first kappa shape index (κ1) is 13.3. The summed E-state index contributed by atoms with van der Waals surface area (Å²) in [5.74, 6) is 1.57. The molecule has 0 aliphatic heterocycles. The average molecular weight is 284 g/mol. The number of nitrogens with two attached hydrogens (primary N) is 1. The predicted octanol–water partition coefficient (Wildman–Crippen LogP) is 1.33. The molecule has 0 saturated heterocycles. The van der Waals surface area contributed by atoms with E-state index in [0.717, 1.165) is 16.9 Å². The zero-order valence-corrected chi connectivity index (χ0v) is 11.9. The van der Waals surface area contributed by atoms with E-state index in [4.69, 9.17) is 10.5 Å². The smallest absolute Gasteiger partial charge is 0.321 e. The number of ether oxygens (including phenoxy) is 1. The van der Waals surface area contributed by atoms with Crippen molar-refractivity contribution in [3.8, 4) is 6.01 Å². The van der Waals surface area contributed by atoms with Crippen molar-refractivity contribution in [2.75, 3.05) is 12.3 Å². The number of aryl methyl sites for hydroxylation is 1. The zero-order valence-electron chi connectivity index (χ0n) is 11.9. The highest BCUT2D eigenvalue weighted by atomic mass is 16.5. The van der Waals surface area contributed by atoms with Crippen LogP contribution in [0.25, 0.3) is 11.0 Å². The van der Waals surface area contributed by atoms with Crippen LogP contribution in [0.15, 0.2) is 24.3 Å². The molecule has 0 radical (unpaired) electrons. The molecule has 2 heterocycles. The van der Waals surface area contributed by atoms with E-state index in [2.05, 4.69) is 19.9 Å². The number of rotatable bonds is 4. The SMILES string of the molecule is CCOc1nc(N)nc(Cc2nc3ccccc3n2C)n1. The van der Waals surface area contributed by atoms with E-state index in [-0.39, 0.29) is 12.0 Å². The lowest BCUT2D eigenvalue weighted by molar-refractivity contribution is 0.310. The van der Waals surface area contributed by atoms with Crippen molar-refractivity contribution in [2.45, 2.75) is 13.3 Å². The molecule has 3 aromatic rings. The third kappa shape index (κ3) is 2.62. The zero-order chi connectivity index (χ0) is 14.8. The molecule has 7 nitrogen and oxygen atoms in total. The van der Waals surface area contributed by atoms with Crippen LogP contribution < -0.4 is 10.5 Å². The number of imidazole rings is 1. The standard InChI is InChI=1S/C14H16N6O/c1-3-21-14-18-11(17-13(15)19-14)8-12-16-9-6-4-5-7-10(9)20(12)2/h4-7H,3,8H2,1-2H3,(H2,15,17,18,19). The van der Waals surface area contributed by atoms with E-state index in [1.807, 2.05) is 42.8 Å². The summed E-state index contributed by atoms with van der Waals surface area (Å²) in [5, 5.41) is 0. The summed E-state index contributed by atoms with van der Waals surface area (Å²) in [4.78, 5) is 16.9. The maximum Gasteiger partial charge on any atom is 0.321 e. The van der Waals surface area contributed by atoms with Gasteiger partial charge in [-0.1, -0.05) is 12.1 Å². The Bertz CT molecular complexity index is 782. The lowest BCUT2D eigenvalue weighted by atomic mass is 10.3. The van der Waals surface area contributed by atoms with E-state index in [9.17, 15) is 0 Å². The van der Waals surface area contributed by atoms with Gasteiger partial charge < -0.3 is 15.0 Å². The largest absolute Gasteiger partial charge is 0.464 e. The topological polar surface area (TPSA) is 91.7 Å². The lowest BCUT2D eigenvalue weighted by Gasteiger charge is -2.05. The molecule has 0 amide bonds. The second-order valence-electron chi connectivity index (χ2n) is 4.58. The fourth-order valence-corrected chi connectivity index (χ4v) is 2.18. The van der Waals surface area contributed by atoms with E-state index in [1.54, 1.807) is 0 Å². The van der Waals surface area contributed by atoms with Crippen LogP contribution >= 0.6 is 0 Å². The van der Waals surface area contributed by atoms with Crippen LogP contribution in [0.4, 0.5) is 5.95 Å². The van der Waals surface area contributed by atoms with Gasteiger partial charge >= 0.3 is 6.01 Å². The number of benzene rings is 1. The molecule has 0 atom stereocenters. The van der Waals surface area contributed by atoms with Crippen molar-refractivity contribution in [2.24, 2.45) is 7.05 Å². The third-order valence-electron chi connectivity index (χ3n) is 3.15. The minimum Gasteiger partial charge on any atom is -0.464 e. The van der Waals surface area contributed by atoms with Crippen molar-refractivity contribution in [3.05, 3.63) is 35.9 Å². The first-order valence-electron chi connectivity index (χ1n) is 6.71. The van der Waals surface area contributed by atoms with Gasteiger partial charge in [0.1, 0.15) is 11.6 Å². The van der Waals surface area contributed by atoms with Gasteiger partial charge in [0.2, 0.25) is 5.95 Å². The van der Waals surface area contributed by atoms with Gasteiger partial charge in [0.25, 0.3) is 0 Å². The van der Waals surface area contributed by atoms with Gasteiger partial charge in [-0.25, -0.2) is 4.98 Å². The van der Waals surface area contributed by atoms with Gasteiger partial charge in [-0.3, -0.25) is 0 Å². The van der Waals surface area contributed by atoms with Gasteiger partial charge in [0.15, 0.2) is 0 Å². The van der Waals surface area contributed by atoms with Crippen LogP contribution in [0.2, 0.25) is 0 Å². The minimum atomic E-state index is 0.155. The maximum absolute atomic E-state index is 5.69. The second-order valence-corrected chi connectivity index (χ2v) is 4.58. The molecule has 0 aliphatic carbocycles. The minimum absolute atomic E-state index is 0.155. The molecule has 0 unspecified atom stereocenters. The Morgan fingerprint density at radius 1 is 1.14 bits per heavy atom. The van der Waals surface area contributed by atoms with E-state index < -0.39 is 0 Å². The molecule has 0 bridgehead atoms. The molecule has 3 rings (SSSR count). The maximum atomic E-state index is 5.69. The summed E-state index contributed by atoms with van der Waals surface area (Å²) in [6, 6.07) is 8.21. The Labute approximate surface area is 121 Å². The quantitative estimate of drug-likeness (QED) is 0.777. The second kappa shape index (κ2) is 5.35. The van der Waals surface area contributed by atoms with Crippen LogP contribution in [0.5, 0.6) is 6.01 Å². The van der Waals surface area contributed by atoms with E-state index in [0.29, 0.717) is 18.9 Å². The summed E-state index contributed by atoms with van der Waals surface area (Å²) in [6.45, 7) is 2.35. The molecule has 2 N–H and O–H groups in total. The van der Waals surface area contributed by atoms with Crippen molar-refractivity contribution >= 4 is 17.0 Å². The van der Waals surface area contributed by atoms with E-state index >= 15 is 0 Å². The molecule has 1 aromatic carbocycles. The third-order valence-corrected chi connectivity index (χ3v) is 3.15. The number of nitrogen functional groups attached to an aromatic ring is 1. The first-order valence-corrected chi connectivity index (χ1v) is 6.71. The number of nitrogens with zero attached hydrogens (tertiary/aromatic N) is 5. The highest BCUT2D eigenvalue weighted by Crippen LogP contribution is 2.16. The number of fused-ring (bicyclic) bond motifs is 1. The highest BCUT2D eigenvalue weighted by Gasteiger charge is 2.11. The van der Waals surface area contributed by atoms with Crippen LogP contribution in [-0.2, 0) is 13.5 Å². The molecule has 21 heavy (non-hydrogen) atoms. The monoisotopic (exact) mass is 284 g/mol. The summed E-state index contributed by atoms with van der Waals surface area (Å²) in [6.07, 6.45) is 0.470. The Balaban J connectivity index is 1.96. The molecule has 0 saturated carbocycles. The number of para-hydroxylation sites is 2. The fraction of sp³-hybridized carbons (Fsp3) is 0.286. The fourth-order valence-electron chi connectivity index (χ4n) is 2.18. The van der Waals surface area contributed by atoms with Crippen molar-refractivity contribution < 1.29 is 4.74 Å². The summed E-state index contributed by atoms with van der Waals surface area (Å²) in [7, 11) is 1.97. The van der Waals surface area contributed by atoms with Crippen LogP contribution in [-0.4, -0.2) is 31.1 Å². The number of hydrogen-bond acceptors (Lipinski definition) is 6. The Kier molecular flexibility index (Phi) is 3.39. The van der Waals surface area contributed by atoms with E-state index in [1.165, 1.54) is 0 Å². The lowest BCUT2D eigenvalue weighted by Crippen LogP contribution is -2.09. The summed E-state index contributed by atoms with van der Waals surface area (Å²) >= 11 is 0. The molecule has 0 aliphatic rings. The summed E-state index contributed by atoms with van der Waals surface area (Å²) < 4.78 is 7.31. The van der Waals surface area contributed by atoms with Crippen LogP contribution in [0.3, 0.4) is 0 Å². The molecular formula is C14H16N6O. The number of anilines is 1. The molecule has 108 valence electrons. The molecule has 7 heteroatoms. The molecular weight excluding hydrogens is 268 g/mol. The Hall–Kier alpha value is -2.70. The number of hydrogen-bond donors (Lipinski definition) is 1. The van der Waals surface area contributed by atoms with Gasteiger partial charge in [-0.2, -0.15) is 15.0 Å². The van der Waals surface area contributed by atoms with Crippen LogP contribution in [0.1, 0.15) is 18.6 Å². The first-order chi connectivity index (χ1) is 10.2. The van der Waals surface area contributed by atoms with Crippen molar-refractivity contribution in [1.82, 2.24) is 24.5 Å². The van der Waals surface area contributed by atoms with Gasteiger partial charge in [-0.15, -0.1) is 0 Å². The van der Waals surface area contributed by atoms with Gasteiger partial charge in [0.05, 0.1) is 24.1 Å².